The standard InChI is InChI=1S/C55H96O5/c1-4-7-10-13-16-19-22-25-27-28-30-31-33-36-39-42-45-48-54(56)59-52-53(51-58-50-47-44-41-38-35-24-21-18-15-12-9-6-3)60-55(57)49-46-43-40-37-34-32-29-26-23-20-17-14-11-8-5-2/h7,10,15-16,18-19,25,27,30-31,36,39,53H,4-6,8-9,11-14,17,20-24,26,28-29,32-35,37-38,40-52H2,1-3H3/b10-7-,18-15-,19-16-,27-25-,31-30-,39-36-. The zero-order valence-electron chi connectivity index (χ0n) is 39.7. The Morgan fingerprint density at radius 2 is 0.783 bits per heavy atom. The van der Waals surface area contributed by atoms with Crippen LogP contribution in [0.4, 0.5) is 0 Å². The third-order valence-electron chi connectivity index (χ3n) is 10.7. The van der Waals surface area contributed by atoms with E-state index in [9.17, 15) is 9.59 Å². The van der Waals surface area contributed by atoms with Crippen LogP contribution in [0.1, 0.15) is 239 Å². The average molecular weight is 837 g/mol. The number of carbonyl (C=O) groups excluding carboxylic acids is 2. The molecule has 346 valence electrons. The lowest BCUT2D eigenvalue weighted by Crippen LogP contribution is -2.30. The van der Waals surface area contributed by atoms with Crippen LogP contribution in [-0.4, -0.2) is 37.9 Å². The highest BCUT2D eigenvalue weighted by Crippen LogP contribution is 2.15. The van der Waals surface area contributed by atoms with Crippen molar-refractivity contribution in [3.05, 3.63) is 72.9 Å². The third kappa shape index (κ3) is 48.0. The van der Waals surface area contributed by atoms with Gasteiger partial charge >= 0.3 is 11.9 Å². The monoisotopic (exact) mass is 837 g/mol. The SMILES string of the molecule is CC/C=C\C/C=C\C/C=C\C/C=C\C/C=C\CCCC(=O)OCC(COCCCCCCCC/C=C\CCCC)OC(=O)CCCCCCCCCCCCCCCCC. The van der Waals surface area contributed by atoms with Crippen LogP contribution in [0.5, 0.6) is 0 Å². The summed E-state index contributed by atoms with van der Waals surface area (Å²) in [5.41, 5.74) is 0. The van der Waals surface area contributed by atoms with Gasteiger partial charge in [-0.15, -0.1) is 0 Å². The van der Waals surface area contributed by atoms with Crippen molar-refractivity contribution in [1.29, 1.82) is 0 Å². The maximum absolute atomic E-state index is 12.8. The molecule has 0 aromatic heterocycles. The highest BCUT2D eigenvalue weighted by Gasteiger charge is 2.17. The van der Waals surface area contributed by atoms with Gasteiger partial charge in [0.15, 0.2) is 6.10 Å². The largest absolute Gasteiger partial charge is 0.462 e. The Kier molecular flexibility index (Phi) is 48.4. The second-order valence-electron chi connectivity index (χ2n) is 16.7. The first-order valence-corrected chi connectivity index (χ1v) is 25.5. The number of carbonyl (C=O) groups is 2. The minimum absolute atomic E-state index is 0.0536. The first-order valence-electron chi connectivity index (χ1n) is 25.5. The molecule has 1 atom stereocenters. The van der Waals surface area contributed by atoms with Gasteiger partial charge in [-0.1, -0.05) is 222 Å². The van der Waals surface area contributed by atoms with Gasteiger partial charge in [0.05, 0.1) is 6.61 Å². The van der Waals surface area contributed by atoms with Crippen LogP contribution in [0.2, 0.25) is 0 Å². The molecular formula is C55H96O5. The summed E-state index contributed by atoms with van der Waals surface area (Å²) in [7, 11) is 0. The number of rotatable bonds is 46. The van der Waals surface area contributed by atoms with Gasteiger partial charge in [-0.05, 0) is 77.0 Å². The molecule has 0 aromatic rings. The van der Waals surface area contributed by atoms with E-state index < -0.39 is 6.10 Å². The van der Waals surface area contributed by atoms with Crippen molar-refractivity contribution >= 4 is 11.9 Å². The van der Waals surface area contributed by atoms with Crippen LogP contribution >= 0.6 is 0 Å². The Morgan fingerprint density at radius 1 is 0.383 bits per heavy atom. The Labute approximate surface area is 372 Å². The molecule has 5 nitrogen and oxygen atoms in total. The summed E-state index contributed by atoms with van der Waals surface area (Å²) in [6, 6.07) is 0. The van der Waals surface area contributed by atoms with Gasteiger partial charge in [-0.2, -0.15) is 0 Å². The molecule has 0 radical (unpaired) electrons. The number of ether oxygens (including phenoxy) is 3. The molecule has 0 N–H and O–H groups in total. The van der Waals surface area contributed by atoms with E-state index in [1.807, 2.05) is 0 Å². The van der Waals surface area contributed by atoms with E-state index in [4.69, 9.17) is 14.2 Å². The zero-order valence-corrected chi connectivity index (χ0v) is 39.7. The van der Waals surface area contributed by atoms with Gasteiger partial charge in [0.25, 0.3) is 0 Å². The fourth-order valence-electron chi connectivity index (χ4n) is 6.94. The molecule has 0 bridgehead atoms. The molecule has 0 aliphatic carbocycles. The summed E-state index contributed by atoms with van der Waals surface area (Å²) < 4.78 is 17.3. The van der Waals surface area contributed by atoms with Crippen LogP contribution in [0.25, 0.3) is 0 Å². The van der Waals surface area contributed by atoms with Gasteiger partial charge in [0, 0.05) is 19.4 Å². The van der Waals surface area contributed by atoms with Gasteiger partial charge in [0.1, 0.15) is 6.61 Å². The summed E-state index contributed by atoms with van der Waals surface area (Å²) in [5, 5.41) is 0. The number of allylic oxidation sites excluding steroid dienone is 12. The minimum Gasteiger partial charge on any atom is -0.462 e. The Balaban J connectivity index is 4.34. The van der Waals surface area contributed by atoms with Crippen LogP contribution in [0, 0.1) is 0 Å². The van der Waals surface area contributed by atoms with E-state index in [1.54, 1.807) is 0 Å². The summed E-state index contributed by atoms with van der Waals surface area (Å²) >= 11 is 0. The van der Waals surface area contributed by atoms with Crippen molar-refractivity contribution in [3.8, 4) is 0 Å². The van der Waals surface area contributed by atoms with E-state index in [2.05, 4.69) is 93.7 Å². The maximum Gasteiger partial charge on any atom is 0.306 e. The maximum atomic E-state index is 12.8. The quantitative estimate of drug-likeness (QED) is 0.0347. The van der Waals surface area contributed by atoms with Crippen LogP contribution < -0.4 is 0 Å². The zero-order chi connectivity index (χ0) is 43.5. The van der Waals surface area contributed by atoms with Crippen molar-refractivity contribution in [2.24, 2.45) is 0 Å². The molecule has 0 heterocycles. The molecule has 0 saturated heterocycles. The highest BCUT2D eigenvalue weighted by molar-refractivity contribution is 5.70. The molecule has 0 fully saturated rings. The number of unbranched alkanes of at least 4 members (excludes halogenated alkanes) is 23. The molecule has 0 aromatic carbocycles. The molecule has 60 heavy (non-hydrogen) atoms. The van der Waals surface area contributed by atoms with E-state index >= 15 is 0 Å². The van der Waals surface area contributed by atoms with Gasteiger partial charge < -0.3 is 14.2 Å². The predicted octanol–water partition coefficient (Wildman–Crippen LogP) is 17.1. The lowest BCUT2D eigenvalue weighted by Gasteiger charge is -2.18. The van der Waals surface area contributed by atoms with Gasteiger partial charge in [0.2, 0.25) is 0 Å². The Morgan fingerprint density at radius 3 is 1.32 bits per heavy atom. The highest BCUT2D eigenvalue weighted by atomic mass is 16.6. The van der Waals surface area contributed by atoms with Crippen molar-refractivity contribution in [2.75, 3.05) is 19.8 Å². The summed E-state index contributed by atoms with van der Waals surface area (Å²) in [6.07, 6.45) is 64.8. The average Bonchev–Trinajstić information content (AvgIpc) is 3.25. The molecule has 5 heteroatoms. The number of esters is 2. The van der Waals surface area contributed by atoms with Crippen LogP contribution in [-0.2, 0) is 23.8 Å². The first-order chi connectivity index (χ1) is 29.6. The third-order valence-corrected chi connectivity index (χ3v) is 10.7. The van der Waals surface area contributed by atoms with Crippen molar-refractivity contribution in [1.82, 2.24) is 0 Å². The minimum atomic E-state index is -0.561. The lowest BCUT2D eigenvalue weighted by molar-refractivity contribution is -0.163. The Hall–Kier alpha value is -2.66. The summed E-state index contributed by atoms with van der Waals surface area (Å²) in [5.74, 6) is -0.463. The molecule has 0 aliphatic heterocycles. The first kappa shape index (κ1) is 57.3. The molecule has 0 amide bonds. The van der Waals surface area contributed by atoms with Crippen molar-refractivity contribution in [2.45, 2.75) is 245 Å². The predicted molar refractivity (Wildman–Crippen MR) is 260 cm³/mol. The number of hydrogen-bond acceptors (Lipinski definition) is 5. The second kappa shape index (κ2) is 50.7. The fraction of sp³-hybridized carbons (Fsp3) is 0.745. The summed E-state index contributed by atoms with van der Waals surface area (Å²) in [6.45, 7) is 7.63. The van der Waals surface area contributed by atoms with Crippen LogP contribution in [0.3, 0.4) is 0 Å². The van der Waals surface area contributed by atoms with Gasteiger partial charge in [-0.3, -0.25) is 9.59 Å². The topological polar surface area (TPSA) is 61.8 Å². The number of hydrogen-bond donors (Lipinski definition) is 0. The lowest BCUT2D eigenvalue weighted by atomic mass is 10.0. The van der Waals surface area contributed by atoms with Crippen molar-refractivity contribution < 1.29 is 23.8 Å². The smallest absolute Gasteiger partial charge is 0.306 e. The molecule has 0 aliphatic rings. The van der Waals surface area contributed by atoms with E-state index in [0.29, 0.717) is 19.4 Å². The van der Waals surface area contributed by atoms with Crippen molar-refractivity contribution in [3.63, 3.8) is 0 Å². The van der Waals surface area contributed by atoms with E-state index in [1.165, 1.54) is 135 Å². The van der Waals surface area contributed by atoms with E-state index in [0.717, 1.165) is 70.6 Å². The van der Waals surface area contributed by atoms with E-state index in [-0.39, 0.29) is 25.2 Å². The molecule has 0 saturated carbocycles. The second-order valence-corrected chi connectivity index (χ2v) is 16.7. The van der Waals surface area contributed by atoms with Crippen LogP contribution in [0.15, 0.2) is 72.9 Å². The Bertz CT molecular complexity index is 1080. The molecule has 1 unspecified atom stereocenters. The molecular weight excluding hydrogens is 741 g/mol. The molecule has 0 spiro atoms. The molecule has 0 rings (SSSR count). The fourth-order valence-corrected chi connectivity index (χ4v) is 6.94. The van der Waals surface area contributed by atoms with Gasteiger partial charge in [-0.25, -0.2) is 0 Å². The summed E-state index contributed by atoms with van der Waals surface area (Å²) in [4.78, 5) is 25.4. The normalized spacial score (nSPS) is 12.8.